The van der Waals surface area contributed by atoms with Gasteiger partial charge in [0, 0.05) is 6.54 Å². The van der Waals surface area contributed by atoms with E-state index in [0.717, 1.165) is 5.56 Å². The van der Waals surface area contributed by atoms with Crippen LogP contribution in [0.1, 0.15) is 16.7 Å². The minimum absolute atomic E-state index is 0.0340. The third-order valence-electron chi connectivity index (χ3n) is 4.01. The first kappa shape index (κ1) is 20.0. The molecule has 0 spiro atoms. The van der Waals surface area contributed by atoms with Crippen molar-refractivity contribution in [3.63, 3.8) is 0 Å². The van der Waals surface area contributed by atoms with Crippen LogP contribution in [0, 0.1) is 24.1 Å². The summed E-state index contributed by atoms with van der Waals surface area (Å²) in [5.74, 6) is 0.449. The molecule has 0 aliphatic rings. The van der Waals surface area contributed by atoms with Crippen LogP contribution in [0.15, 0.2) is 42.0 Å². The van der Waals surface area contributed by atoms with Crippen molar-refractivity contribution in [2.75, 3.05) is 20.8 Å². The summed E-state index contributed by atoms with van der Waals surface area (Å²) in [4.78, 5) is 12.2. The summed E-state index contributed by atoms with van der Waals surface area (Å²) in [7, 11) is 3.13. The van der Waals surface area contributed by atoms with Gasteiger partial charge < -0.3 is 14.8 Å². The van der Waals surface area contributed by atoms with E-state index in [2.05, 4.69) is 5.32 Å². The number of halogens is 1. The van der Waals surface area contributed by atoms with Gasteiger partial charge in [-0.1, -0.05) is 12.1 Å². The molecular weight excluding hydrogens is 347 g/mol. The van der Waals surface area contributed by atoms with Crippen LogP contribution >= 0.6 is 0 Å². The molecular formula is C21H21FN2O3. The highest BCUT2D eigenvalue weighted by atomic mass is 19.1. The third-order valence-corrected chi connectivity index (χ3v) is 4.01. The number of carbonyl (C=O) groups excluding carboxylic acids is 1. The summed E-state index contributed by atoms with van der Waals surface area (Å²) < 4.78 is 23.8. The van der Waals surface area contributed by atoms with Gasteiger partial charge in [0.25, 0.3) is 5.91 Å². The molecule has 0 bridgehead atoms. The Balaban J connectivity index is 2.00. The second-order valence-electron chi connectivity index (χ2n) is 5.87. The average Bonchev–Trinajstić information content (AvgIpc) is 2.68. The fourth-order valence-electron chi connectivity index (χ4n) is 2.52. The molecule has 5 nitrogen and oxygen atoms in total. The van der Waals surface area contributed by atoms with E-state index in [-0.39, 0.29) is 11.4 Å². The quantitative estimate of drug-likeness (QED) is 0.600. The Hall–Kier alpha value is -3.33. The number of carbonyl (C=O) groups is 1. The van der Waals surface area contributed by atoms with E-state index in [1.54, 1.807) is 33.3 Å². The van der Waals surface area contributed by atoms with E-state index in [0.29, 0.717) is 35.6 Å². The van der Waals surface area contributed by atoms with Crippen LogP contribution in [0.4, 0.5) is 4.39 Å². The van der Waals surface area contributed by atoms with Crippen molar-refractivity contribution >= 4 is 12.0 Å². The van der Waals surface area contributed by atoms with Crippen LogP contribution in [0.3, 0.4) is 0 Å². The lowest BCUT2D eigenvalue weighted by molar-refractivity contribution is -0.117. The third kappa shape index (κ3) is 5.32. The highest BCUT2D eigenvalue weighted by Crippen LogP contribution is 2.27. The molecule has 6 heteroatoms. The molecule has 0 aromatic heterocycles. The normalized spacial score (nSPS) is 10.9. The molecule has 140 valence electrons. The zero-order valence-corrected chi connectivity index (χ0v) is 15.5. The molecule has 0 radical (unpaired) electrons. The van der Waals surface area contributed by atoms with Crippen molar-refractivity contribution in [3.8, 4) is 17.6 Å². The van der Waals surface area contributed by atoms with Crippen molar-refractivity contribution in [2.24, 2.45) is 0 Å². The van der Waals surface area contributed by atoms with E-state index in [4.69, 9.17) is 9.47 Å². The number of nitriles is 1. The number of rotatable bonds is 7. The standard InChI is InChI=1S/C21H21FN2O3/c1-14-10-16(4-6-18(14)22)11-17(13-23)21(25)24-9-8-15-5-7-19(26-2)20(12-15)27-3/h4-7,10-12H,8-9H2,1-3H3,(H,24,25). The SMILES string of the molecule is COc1ccc(CCNC(=O)C(C#N)=Cc2ccc(F)c(C)c2)cc1OC. The number of hydrogen-bond donors (Lipinski definition) is 1. The molecule has 1 N–H and O–H groups in total. The van der Waals surface area contributed by atoms with Gasteiger partial charge in [0.2, 0.25) is 0 Å². The van der Waals surface area contributed by atoms with Crippen molar-refractivity contribution in [1.82, 2.24) is 5.32 Å². The van der Waals surface area contributed by atoms with Crippen LogP contribution in [0.25, 0.3) is 6.08 Å². The largest absolute Gasteiger partial charge is 0.493 e. The van der Waals surface area contributed by atoms with Gasteiger partial charge in [0.05, 0.1) is 14.2 Å². The topological polar surface area (TPSA) is 71.3 Å². The Labute approximate surface area is 158 Å². The summed E-state index contributed by atoms with van der Waals surface area (Å²) in [5.41, 5.74) is 1.98. The number of aryl methyl sites for hydroxylation is 1. The number of methoxy groups -OCH3 is 2. The molecule has 0 aliphatic heterocycles. The second kappa shape index (κ2) is 9.39. The molecule has 2 rings (SSSR count). The van der Waals surface area contributed by atoms with Gasteiger partial charge in [0.15, 0.2) is 11.5 Å². The maximum absolute atomic E-state index is 13.3. The lowest BCUT2D eigenvalue weighted by Gasteiger charge is -2.10. The second-order valence-corrected chi connectivity index (χ2v) is 5.87. The van der Waals surface area contributed by atoms with Gasteiger partial charge in [0.1, 0.15) is 17.5 Å². The summed E-state index contributed by atoms with van der Waals surface area (Å²) >= 11 is 0. The predicted molar refractivity (Wildman–Crippen MR) is 101 cm³/mol. The number of nitrogens with one attached hydrogen (secondary N) is 1. The van der Waals surface area contributed by atoms with Crippen molar-refractivity contribution in [1.29, 1.82) is 5.26 Å². The number of nitrogens with zero attached hydrogens (tertiary/aromatic N) is 1. The molecule has 2 aromatic carbocycles. The van der Waals surface area contributed by atoms with Gasteiger partial charge in [-0.2, -0.15) is 5.26 Å². The first-order valence-corrected chi connectivity index (χ1v) is 8.35. The van der Waals surface area contributed by atoms with E-state index < -0.39 is 5.91 Å². The molecule has 0 saturated carbocycles. The van der Waals surface area contributed by atoms with Crippen LogP contribution in [-0.4, -0.2) is 26.7 Å². The van der Waals surface area contributed by atoms with Crippen LogP contribution in [-0.2, 0) is 11.2 Å². The molecule has 27 heavy (non-hydrogen) atoms. The Bertz CT molecular complexity index is 901. The smallest absolute Gasteiger partial charge is 0.261 e. The summed E-state index contributed by atoms with van der Waals surface area (Å²) in [6.45, 7) is 1.98. The Kier molecular flexibility index (Phi) is 6.95. The Morgan fingerprint density at radius 3 is 2.56 bits per heavy atom. The summed E-state index contributed by atoms with van der Waals surface area (Å²) in [6, 6.07) is 11.8. The van der Waals surface area contributed by atoms with Gasteiger partial charge in [-0.3, -0.25) is 4.79 Å². The maximum atomic E-state index is 13.3. The molecule has 0 unspecified atom stereocenters. The monoisotopic (exact) mass is 368 g/mol. The molecule has 0 fully saturated rings. The highest BCUT2D eigenvalue weighted by molar-refractivity contribution is 6.01. The first-order chi connectivity index (χ1) is 13.0. The number of benzene rings is 2. The van der Waals surface area contributed by atoms with E-state index >= 15 is 0 Å². The molecule has 2 aromatic rings. The minimum Gasteiger partial charge on any atom is -0.493 e. The molecule has 0 aliphatic carbocycles. The van der Waals surface area contributed by atoms with Crippen LogP contribution < -0.4 is 14.8 Å². The van der Waals surface area contributed by atoms with Crippen molar-refractivity contribution in [2.45, 2.75) is 13.3 Å². The number of amides is 1. The van der Waals surface area contributed by atoms with E-state index in [1.165, 1.54) is 18.2 Å². The fourth-order valence-corrected chi connectivity index (χ4v) is 2.52. The van der Waals surface area contributed by atoms with Gasteiger partial charge in [-0.25, -0.2) is 4.39 Å². The summed E-state index contributed by atoms with van der Waals surface area (Å²) in [5, 5.41) is 12.0. The van der Waals surface area contributed by atoms with E-state index in [9.17, 15) is 14.4 Å². The number of ether oxygens (including phenoxy) is 2. The minimum atomic E-state index is -0.472. The van der Waals surface area contributed by atoms with Gasteiger partial charge in [-0.05, 0) is 60.4 Å². The fraction of sp³-hybridized carbons (Fsp3) is 0.238. The first-order valence-electron chi connectivity index (χ1n) is 8.35. The van der Waals surface area contributed by atoms with E-state index in [1.807, 2.05) is 18.2 Å². The summed E-state index contributed by atoms with van der Waals surface area (Å²) in [6.07, 6.45) is 2.01. The number of hydrogen-bond acceptors (Lipinski definition) is 4. The average molecular weight is 368 g/mol. The lowest BCUT2D eigenvalue weighted by atomic mass is 10.1. The molecule has 0 saturated heterocycles. The van der Waals surface area contributed by atoms with Gasteiger partial charge >= 0.3 is 0 Å². The molecule has 1 amide bonds. The molecule has 0 heterocycles. The van der Waals surface area contributed by atoms with Crippen LogP contribution in [0.2, 0.25) is 0 Å². The Morgan fingerprint density at radius 1 is 1.19 bits per heavy atom. The Morgan fingerprint density at radius 2 is 1.93 bits per heavy atom. The maximum Gasteiger partial charge on any atom is 0.261 e. The molecule has 0 atom stereocenters. The highest BCUT2D eigenvalue weighted by Gasteiger charge is 2.10. The predicted octanol–water partition coefficient (Wildman–Crippen LogP) is 3.42. The van der Waals surface area contributed by atoms with Crippen molar-refractivity contribution < 1.29 is 18.7 Å². The van der Waals surface area contributed by atoms with Crippen molar-refractivity contribution in [3.05, 3.63) is 64.5 Å². The zero-order valence-electron chi connectivity index (χ0n) is 15.5. The zero-order chi connectivity index (χ0) is 19.8. The van der Waals surface area contributed by atoms with Crippen LogP contribution in [0.5, 0.6) is 11.5 Å². The van der Waals surface area contributed by atoms with Gasteiger partial charge in [-0.15, -0.1) is 0 Å². The lowest BCUT2D eigenvalue weighted by Crippen LogP contribution is -2.26.